The highest BCUT2D eigenvalue weighted by Gasteiger charge is 2.20. The minimum atomic E-state index is -0.296. The molecule has 0 atom stereocenters. The van der Waals surface area contributed by atoms with Crippen molar-refractivity contribution in [3.05, 3.63) is 47.2 Å². The normalized spacial score (nSPS) is 11.0. The summed E-state index contributed by atoms with van der Waals surface area (Å²) in [4.78, 5) is 29.5. The van der Waals surface area contributed by atoms with Gasteiger partial charge < -0.3 is 19.6 Å². The molecule has 0 aliphatic heterocycles. The number of anilines is 1. The number of carbonyl (C=O) groups excluding carboxylic acids is 2. The summed E-state index contributed by atoms with van der Waals surface area (Å²) in [7, 11) is 0. The Hall–Kier alpha value is -2.67. The van der Waals surface area contributed by atoms with E-state index in [0.717, 1.165) is 32.4 Å². The van der Waals surface area contributed by atoms with Crippen LogP contribution in [0.4, 0.5) is 5.82 Å². The Morgan fingerprint density at radius 3 is 2.33 bits per heavy atom. The molecule has 0 bridgehead atoms. The molecule has 7 nitrogen and oxygen atoms in total. The van der Waals surface area contributed by atoms with Crippen LogP contribution < -0.4 is 5.32 Å². The van der Waals surface area contributed by atoms with Gasteiger partial charge in [0.25, 0.3) is 5.91 Å². The van der Waals surface area contributed by atoms with Crippen molar-refractivity contribution >= 4 is 17.6 Å². The number of benzene rings is 1. The molecule has 0 saturated heterocycles. The van der Waals surface area contributed by atoms with Gasteiger partial charge in [-0.3, -0.25) is 9.59 Å². The van der Waals surface area contributed by atoms with Crippen molar-refractivity contribution in [3.63, 3.8) is 0 Å². The number of unbranched alkanes of at least 4 members (excludes halogenated alkanes) is 1. The first-order chi connectivity index (χ1) is 14.5. The number of hydrogen-bond donors (Lipinski definition) is 1. The zero-order valence-corrected chi connectivity index (χ0v) is 18.6. The second-order valence-electron chi connectivity index (χ2n) is 7.43. The first kappa shape index (κ1) is 23.6. The van der Waals surface area contributed by atoms with E-state index in [4.69, 9.17) is 4.52 Å². The number of hydrogen-bond acceptors (Lipinski definition) is 5. The Kier molecular flexibility index (Phi) is 9.54. The van der Waals surface area contributed by atoms with Gasteiger partial charge >= 0.3 is 0 Å². The molecule has 30 heavy (non-hydrogen) atoms. The predicted molar refractivity (Wildman–Crippen MR) is 119 cm³/mol. The minimum absolute atomic E-state index is 0.0381. The van der Waals surface area contributed by atoms with E-state index in [9.17, 15) is 9.59 Å². The van der Waals surface area contributed by atoms with Gasteiger partial charge in [-0.05, 0) is 50.6 Å². The van der Waals surface area contributed by atoms with E-state index in [0.29, 0.717) is 30.2 Å². The molecule has 1 aromatic heterocycles. The van der Waals surface area contributed by atoms with E-state index in [1.54, 1.807) is 17.9 Å². The maximum Gasteiger partial charge on any atom is 0.254 e. The van der Waals surface area contributed by atoms with E-state index < -0.39 is 0 Å². The summed E-state index contributed by atoms with van der Waals surface area (Å²) in [5.74, 6) is 0.531. The van der Waals surface area contributed by atoms with Crippen molar-refractivity contribution in [1.82, 2.24) is 15.0 Å². The Morgan fingerprint density at radius 1 is 1.07 bits per heavy atom. The number of nitrogens with zero attached hydrogens (tertiary/aromatic N) is 3. The SMILES string of the molecule is CCCCc1ccc(C(=O)N(CCN(CC)CC)CC(=O)Nc2cc(C)on2)cc1. The van der Waals surface area contributed by atoms with Gasteiger partial charge in [-0.25, -0.2) is 0 Å². The van der Waals surface area contributed by atoms with Crippen LogP contribution in [0, 0.1) is 6.92 Å². The van der Waals surface area contributed by atoms with E-state index in [1.807, 2.05) is 24.3 Å². The molecular weight excluding hydrogens is 380 g/mol. The third-order valence-electron chi connectivity index (χ3n) is 5.12. The summed E-state index contributed by atoms with van der Waals surface area (Å²) in [6.07, 6.45) is 3.28. The van der Waals surface area contributed by atoms with Crippen LogP contribution in [0.5, 0.6) is 0 Å². The molecule has 1 N–H and O–H groups in total. The van der Waals surface area contributed by atoms with Crippen molar-refractivity contribution in [2.45, 2.75) is 47.0 Å². The lowest BCUT2D eigenvalue weighted by Gasteiger charge is -2.26. The summed E-state index contributed by atoms with van der Waals surface area (Å²) < 4.78 is 4.98. The van der Waals surface area contributed by atoms with Crippen molar-refractivity contribution in [3.8, 4) is 0 Å². The van der Waals surface area contributed by atoms with E-state index >= 15 is 0 Å². The number of rotatable bonds is 12. The molecule has 2 aromatic rings. The van der Waals surface area contributed by atoms with Crippen LogP contribution in [-0.4, -0.2) is 59.5 Å². The molecule has 7 heteroatoms. The van der Waals surface area contributed by atoms with E-state index in [1.165, 1.54) is 5.56 Å². The fraction of sp³-hybridized carbons (Fsp3) is 0.522. The van der Waals surface area contributed by atoms with Crippen molar-refractivity contribution in [1.29, 1.82) is 0 Å². The molecule has 2 rings (SSSR count). The molecule has 0 fully saturated rings. The molecule has 0 aliphatic carbocycles. The fourth-order valence-corrected chi connectivity index (χ4v) is 3.21. The van der Waals surface area contributed by atoms with Crippen LogP contribution in [0.15, 0.2) is 34.9 Å². The average Bonchev–Trinajstić information content (AvgIpc) is 3.16. The van der Waals surface area contributed by atoms with Crippen LogP contribution in [0.3, 0.4) is 0 Å². The van der Waals surface area contributed by atoms with Gasteiger partial charge in [0.15, 0.2) is 5.82 Å². The van der Waals surface area contributed by atoms with Crippen LogP contribution in [0.2, 0.25) is 0 Å². The Labute approximate surface area is 179 Å². The number of nitrogens with one attached hydrogen (secondary N) is 1. The lowest BCUT2D eigenvalue weighted by molar-refractivity contribution is -0.117. The van der Waals surface area contributed by atoms with Gasteiger partial charge in [-0.1, -0.05) is 44.5 Å². The van der Waals surface area contributed by atoms with Gasteiger partial charge in [0.05, 0.1) is 0 Å². The molecular formula is C23H34N4O3. The predicted octanol–water partition coefficient (Wildman–Crippen LogP) is 3.75. The second-order valence-corrected chi connectivity index (χ2v) is 7.43. The maximum atomic E-state index is 13.1. The molecule has 0 radical (unpaired) electrons. The summed E-state index contributed by atoms with van der Waals surface area (Å²) in [5.41, 5.74) is 1.82. The minimum Gasteiger partial charge on any atom is -0.360 e. The standard InChI is InChI=1S/C23H34N4O3/c1-5-8-9-19-10-12-20(13-11-19)23(29)27(15-14-26(6-2)7-3)17-22(28)24-21-16-18(4)30-25-21/h10-13,16H,5-9,14-15,17H2,1-4H3,(H,24,25,28). The quantitative estimate of drug-likeness (QED) is 0.572. The molecule has 164 valence electrons. The van der Waals surface area contributed by atoms with Crippen LogP contribution in [0.1, 0.15) is 55.3 Å². The highest BCUT2D eigenvalue weighted by molar-refractivity contribution is 5.99. The maximum absolute atomic E-state index is 13.1. The summed E-state index contributed by atoms with van der Waals surface area (Å²) in [6.45, 7) is 11.0. The van der Waals surface area contributed by atoms with Crippen LogP contribution >= 0.6 is 0 Å². The van der Waals surface area contributed by atoms with E-state index in [2.05, 4.69) is 36.1 Å². The lowest BCUT2D eigenvalue weighted by atomic mass is 10.1. The third-order valence-corrected chi connectivity index (χ3v) is 5.12. The number of aromatic nitrogens is 1. The fourth-order valence-electron chi connectivity index (χ4n) is 3.21. The summed E-state index contributed by atoms with van der Waals surface area (Å²) in [6, 6.07) is 9.37. The smallest absolute Gasteiger partial charge is 0.254 e. The first-order valence-electron chi connectivity index (χ1n) is 10.8. The zero-order chi connectivity index (χ0) is 21.9. The van der Waals surface area contributed by atoms with Crippen molar-refractivity contribution < 1.29 is 14.1 Å². The topological polar surface area (TPSA) is 78.7 Å². The molecule has 2 amide bonds. The van der Waals surface area contributed by atoms with Gasteiger partial charge in [-0.15, -0.1) is 0 Å². The lowest BCUT2D eigenvalue weighted by Crippen LogP contribution is -2.42. The third kappa shape index (κ3) is 7.30. The molecule has 1 heterocycles. The van der Waals surface area contributed by atoms with Crippen LogP contribution in [-0.2, 0) is 11.2 Å². The second kappa shape index (κ2) is 12.1. The Morgan fingerprint density at radius 2 is 1.77 bits per heavy atom. The van der Waals surface area contributed by atoms with Gasteiger partial charge in [0.1, 0.15) is 12.3 Å². The molecule has 0 spiro atoms. The molecule has 0 saturated carbocycles. The zero-order valence-electron chi connectivity index (χ0n) is 18.6. The van der Waals surface area contributed by atoms with Crippen molar-refractivity contribution in [2.24, 2.45) is 0 Å². The Balaban J connectivity index is 2.08. The van der Waals surface area contributed by atoms with E-state index in [-0.39, 0.29) is 18.4 Å². The number of carbonyl (C=O) groups is 2. The number of aryl methyl sites for hydroxylation is 2. The molecule has 1 aromatic carbocycles. The van der Waals surface area contributed by atoms with Gasteiger partial charge in [-0.2, -0.15) is 0 Å². The largest absolute Gasteiger partial charge is 0.360 e. The summed E-state index contributed by atoms with van der Waals surface area (Å²) >= 11 is 0. The molecule has 0 aliphatic rings. The highest BCUT2D eigenvalue weighted by atomic mass is 16.5. The summed E-state index contributed by atoms with van der Waals surface area (Å²) in [5, 5.41) is 6.48. The van der Waals surface area contributed by atoms with Crippen molar-refractivity contribution in [2.75, 3.05) is 38.0 Å². The van der Waals surface area contributed by atoms with Gasteiger partial charge in [0.2, 0.25) is 5.91 Å². The Bertz CT molecular complexity index is 797. The van der Waals surface area contributed by atoms with Crippen LogP contribution in [0.25, 0.3) is 0 Å². The monoisotopic (exact) mass is 414 g/mol. The highest BCUT2D eigenvalue weighted by Crippen LogP contribution is 2.12. The molecule has 0 unspecified atom stereocenters. The number of likely N-dealkylation sites (N-methyl/N-ethyl adjacent to an activating group) is 1. The number of amides is 2. The average molecular weight is 415 g/mol. The van der Waals surface area contributed by atoms with Gasteiger partial charge in [0, 0.05) is 24.7 Å². The first-order valence-corrected chi connectivity index (χ1v) is 10.8.